The zero-order valence-corrected chi connectivity index (χ0v) is 35.8. The largest absolute Gasteiger partial charge is 0.426 e. The van der Waals surface area contributed by atoms with Crippen molar-refractivity contribution >= 4 is 64.6 Å². The van der Waals surface area contributed by atoms with E-state index in [4.69, 9.17) is 23.2 Å². The predicted molar refractivity (Wildman–Crippen MR) is 213 cm³/mol. The molecule has 1 saturated carbocycles. The maximum absolute atomic E-state index is 14.4. The second kappa shape index (κ2) is 20.9. The lowest BCUT2D eigenvalue weighted by Crippen LogP contribution is -2.61. The summed E-state index contributed by atoms with van der Waals surface area (Å²) in [6, 6.07) is -2.68. The number of nitrogens with one attached hydrogen (secondary N) is 5. The van der Waals surface area contributed by atoms with Crippen LogP contribution in [-0.2, 0) is 40.0 Å². The fraction of sp³-hybridized carbons (Fsp3) is 0.667. The van der Waals surface area contributed by atoms with Gasteiger partial charge in [0.25, 0.3) is 5.91 Å². The molecule has 0 bridgehead atoms. The lowest BCUT2D eigenvalue weighted by atomic mass is 9.98. The quantitative estimate of drug-likeness (QED) is 0.184. The average Bonchev–Trinajstić information content (AvgIpc) is 4.00. The smallest absolute Gasteiger partial charge is 0.373 e. The number of carbonyl (C=O) groups is 7. The first-order chi connectivity index (χ1) is 27.4. The molecule has 1 aromatic rings. The fourth-order valence-corrected chi connectivity index (χ4v) is 6.98. The van der Waals surface area contributed by atoms with Crippen molar-refractivity contribution in [2.24, 2.45) is 11.8 Å². The Labute approximate surface area is 352 Å². The number of amides is 7. The highest BCUT2D eigenvalue weighted by Crippen LogP contribution is 2.34. The molecule has 1 aliphatic heterocycles. The first-order valence-electron chi connectivity index (χ1n) is 19.7. The van der Waals surface area contributed by atoms with Crippen molar-refractivity contribution in [3.8, 4) is 0 Å². The van der Waals surface area contributed by atoms with E-state index in [-0.39, 0.29) is 56.0 Å². The molecule has 1 saturated heterocycles. The maximum atomic E-state index is 14.4. The summed E-state index contributed by atoms with van der Waals surface area (Å²) >= 11 is 12.7. The summed E-state index contributed by atoms with van der Waals surface area (Å²) in [7, 11) is 2.75. The number of halogens is 5. The van der Waals surface area contributed by atoms with Crippen LogP contribution in [0.4, 0.5) is 13.2 Å². The molecular weight excluding hydrogens is 822 g/mol. The molecule has 7 atom stereocenters. The molecular formula is C39H56Cl2F3N7O8. The van der Waals surface area contributed by atoms with Gasteiger partial charge in [0.15, 0.2) is 0 Å². The topological polar surface area (TPSA) is 206 Å². The standard InChI is InChI=1S/C39H56Cl2F3N7O8/c1-8-26-32(53)45-16-10-9-11-28(50(6)36(57)30(22-12-13-22)49-31(52)21(4)46-37(58)38(5,59)39(42,43)44)33(54)48-27(17-20(2)3)35(56)51(7)29(34(55)47-26)19-23-18-24(40)14-15-25(23)41/h14-15,18,20-22,26-30,59H,8-13,16-17,19H2,1-7H3,(H,45,53)(H,46,58)(H,47,55)(H,48,54)(H,49,52)/t21-,26+,27-,28-,29-,30-,38+/m0/s1. The first kappa shape index (κ1) is 49.2. The number of benzene rings is 1. The number of rotatable bonds is 12. The molecule has 59 heavy (non-hydrogen) atoms. The molecule has 0 aromatic heterocycles. The Kier molecular flexibility index (Phi) is 17.4. The number of nitrogens with zero attached hydrogens (tertiary/aromatic N) is 2. The van der Waals surface area contributed by atoms with Crippen LogP contribution in [0, 0.1) is 11.8 Å². The van der Waals surface area contributed by atoms with E-state index in [2.05, 4.69) is 21.3 Å². The molecule has 0 spiro atoms. The number of aliphatic hydroxyl groups is 1. The van der Waals surface area contributed by atoms with Gasteiger partial charge in [0.05, 0.1) is 0 Å². The Morgan fingerprint density at radius 3 is 2.17 bits per heavy atom. The van der Waals surface area contributed by atoms with Crippen molar-refractivity contribution in [1.82, 2.24) is 36.4 Å². The van der Waals surface area contributed by atoms with Gasteiger partial charge in [-0.1, -0.05) is 44.0 Å². The highest BCUT2D eigenvalue weighted by molar-refractivity contribution is 6.33. The molecule has 1 aromatic carbocycles. The van der Waals surface area contributed by atoms with Gasteiger partial charge in [-0.3, -0.25) is 33.6 Å². The van der Waals surface area contributed by atoms with Crippen LogP contribution < -0.4 is 26.6 Å². The first-order valence-corrected chi connectivity index (χ1v) is 20.4. The molecule has 6 N–H and O–H groups in total. The van der Waals surface area contributed by atoms with Gasteiger partial charge in [-0.2, -0.15) is 13.2 Å². The number of likely N-dealkylation sites (N-methyl/N-ethyl adjacent to an activating group) is 2. The molecule has 1 aliphatic carbocycles. The van der Waals surface area contributed by atoms with E-state index < -0.39 is 89.4 Å². The van der Waals surface area contributed by atoms with Crippen molar-refractivity contribution < 1.29 is 51.8 Å². The monoisotopic (exact) mass is 877 g/mol. The Hall–Kier alpha value is -4.16. The lowest BCUT2D eigenvalue weighted by Gasteiger charge is -2.35. The maximum Gasteiger partial charge on any atom is 0.426 e. The van der Waals surface area contributed by atoms with E-state index in [1.807, 2.05) is 19.2 Å². The molecule has 7 amide bonds. The van der Waals surface area contributed by atoms with E-state index in [0.717, 1.165) is 11.8 Å². The minimum atomic E-state index is -5.33. The second-order valence-corrected chi connectivity index (χ2v) is 16.7. The third-order valence-electron chi connectivity index (χ3n) is 10.6. The van der Waals surface area contributed by atoms with Crippen LogP contribution in [0.5, 0.6) is 0 Å². The van der Waals surface area contributed by atoms with Crippen molar-refractivity contribution in [1.29, 1.82) is 0 Å². The van der Waals surface area contributed by atoms with Gasteiger partial charge < -0.3 is 41.5 Å². The van der Waals surface area contributed by atoms with Crippen LogP contribution in [0.25, 0.3) is 0 Å². The summed E-state index contributed by atoms with van der Waals surface area (Å²) in [5.74, 6) is -6.52. The minimum absolute atomic E-state index is 0.0660. The van der Waals surface area contributed by atoms with Gasteiger partial charge in [0.1, 0.15) is 36.3 Å². The van der Waals surface area contributed by atoms with E-state index in [0.29, 0.717) is 36.3 Å². The molecule has 330 valence electrons. The van der Waals surface area contributed by atoms with Gasteiger partial charge in [0.2, 0.25) is 41.0 Å². The highest BCUT2D eigenvalue weighted by atomic mass is 35.5. The SMILES string of the molecule is CC[C@H]1NC(=O)[C@H](Cc2cc(Cl)ccc2Cl)N(C)C(=O)[C@H](CC(C)C)NC(=O)[C@@H](N(C)C(=O)[C@@H](NC(=O)[C@H](C)NC(=O)[C@@](C)(O)C(F)(F)F)C2CC2)CCCCNC1=O. The van der Waals surface area contributed by atoms with Gasteiger partial charge in [0, 0.05) is 37.1 Å². The van der Waals surface area contributed by atoms with E-state index >= 15 is 0 Å². The van der Waals surface area contributed by atoms with Gasteiger partial charge in [-0.05, 0) is 94.4 Å². The van der Waals surface area contributed by atoms with Gasteiger partial charge in [-0.25, -0.2) is 0 Å². The molecule has 0 unspecified atom stereocenters. The van der Waals surface area contributed by atoms with Crippen LogP contribution in [-0.4, -0.2) is 125 Å². The lowest BCUT2D eigenvalue weighted by molar-refractivity contribution is -0.245. The number of carbonyl (C=O) groups excluding carboxylic acids is 7. The van der Waals surface area contributed by atoms with E-state index in [1.54, 1.807) is 25.1 Å². The highest BCUT2D eigenvalue weighted by Gasteiger charge is 2.56. The molecule has 3 rings (SSSR count). The van der Waals surface area contributed by atoms with E-state index in [1.165, 1.54) is 19.0 Å². The fourth-order valence-electron chi connectivity index (χ4n) is 6.59. The zero-order valence-electron chi connectivity index (χ0n) is 34.3. The summed E-state index contributed by atoms with van der Waals surface area (Å²) in [6.45, 7) is 6.90. The molecule has 20 heteroatoms. The average molecular weight is 879 g/mol. The van der Waals surface area contributed by atoms with Gasteiger partial charge in [-0.15, -0.1) is 0 Å². The van der Waals surface area contributed by atoms with Gasteiger partial charge >= 0.3 is 6.18 Å². The Bertz CT molecular complexity index is 1730. The number of hydrogen-bond acceptors (Lipinski definition) is 8. The molecule has 2 fully saturated rings. The second-order valence-electron chi connectivity index (χ2n) is 15.9. The molecule has 2 aliphatic rings. The van der Waals surface area contributed by atoms with Crippen LogP contribution in [0.3, 0.4) is 0 Å². The van der Waals surface area contributed by atoms with E-state index in [9.17, 15) is 51.8 Å². The van der Waals surface area contributed by atoms with Crippen LogP contribution >= 0.6 is 23.2 Å². The summed E-state index contributed by atoms with van der Waals surface area (Å²) < 4.78 is 39.7. The predicted octanol–water partition coefficient (Wildman–Crippen LogP) is 2.63. The van der Waals surface area contributed by atoms with Crippen molar-refractivity contribution in [3.05, 3.63) is 33.8 Å². The molecule has 0 radical (unpaired) electrons. The summed E-state index contributed by atoms with van der Waals surface area (Å²) in [5, 5.41) is 23.1. The summed E-state index contributed by atoms with van der Waals surface area (Å²) in [6.07, 6.45) is -3.29. The Morgan fingerprint density at radius 2 is 1.59 bits per heavy atom. The molecule has 1 heterocycles. The van der Waals surface area contributed by atoms with Crippen molar-refractivity contribution in [2.45, 2.75) is 134 Å². The Balaban J connectivity index is 1.96. The normalized spacial score (nSPS) is 23.6. The summed E-state index contributed by atoms with van der Waals surface area (Å²) in [4.78, 5) is 97.7. The Morgan fingerprint density at radius 1 is 0.966 bits per heavy atom. The van der Waals surface area contributed by atoms with Crippen LogP contribution in [0.2, 0.25) is 10.0 Å². The van der Waals surface area contributed by atoms with Crippen LogP contribution in [0.1, 0.15) is 85.1 Å². The minimum Gasteiger partial charge on any atom is -0.373 e. The third kappa shape index (κ3) is 13.2. The number of hydrogen-bond donors (Lipinski definition) is 6. The number of alkyl halides is 3. The van der Waals surface area contributed by atoms with Crippen LogP contribution in [0.15, 0.2) is 18.2 Å². The van der Waals surface area contributed by atoms with Crippen molar-refractivity contribution in [2.75, 3.05) is 20.6 Å². The third-order valence-corrected chi connectivity index (χ3v) is 11.2. The summed E-state index contributed by atoms with van der Waals surface area (Å²) in [5.41, 5.74) is -3.33. The zero-order chi connectivity index (χ0) is 44.6. The van der Waals surface area contributed by atoms with Crippen molar-refractivity contribution in [3.63, 3.8) is 0 Å². The molecule has 15 nitrogen and oxygen atoms in total.